The monoisotopic (exact) mass is 543 g/mol. The van der Waals surface area contributed by atoms with Crippen molar-refractivity contribution in [3.05, 3.63) is 54.1 Å². The van der Waals surface area contributed by atoms with Crippen LogP contribution in [0.25, 0.3) is 0 Å². The Hall–Kier alpha value is -2.59. The van der Waals surface area contributed by atoms with E-state index in [1.807, 2.05) is 57.2 Å². The van der Waals surface area contributed by atoms with E-state index in [4.69, 9.17) is 18.0 Å². The number of benzene rings is 2. The fourth-order valence-corrected chi connectivity index (χ4v) is 6.53. The van der Waals surface area contributed by atoms with Gasteiger partial charge in [-0.05, 0) is 82.0 Å². The van der Waals surface area contributed by atoms with Gasteiger partial charge in [0.1, 0.15) is 5.75 Å². The lowest BCUT2D eigenvalue weighted by molar-refractivity contribution is -0.121. The highest BCUT2D eigenvalue weighted by Crippen LogP contribution is 2.22. The molecular weight excluding hydrogens is 498 g/mol. The summed E-state index contributed by atoms with van der Waals surface area (Å²) < 4.78 is 23.3. The number of carbonyl (C=O) groups is 1. The van der Waals surface area contributed by atoms with E-state index in [0.29, 0.717) is 44.8 Å². The predicted octanol–water partition coefficient (Wildman–Crippen LogP) is 7.16. The van der Waals surface area contributed by atoms with Gasteiger partial charge in [0, 0.05) is 32.4 Å². The standard InChI is InChI=1S/C29H45N3O5Si/c1-5-9-10-12-25-13-15-26(16-14-25)31-32-27-17-19-28(20-18-27)34-23-21-29(33)30-22-11-24-38(35-6-2,36-7-3)37-8-4/h13-20H,5-12,21-24H2,1-4H3,(H,30,33). The largest absolute Gasteiger partial charge is 0.500 e. The van der Waals surface area contributed by atoms with Crippen molar-refractivity contribution in [2.75, 3.05) is 33.0 Å². The quantitative estimate of drug-likeness (QED) is 0.109. The first-order chi connectivity index (χ1) is 18.5. The van der Waals surface area contributed by atoms with E-state index in [1.54, 1.807) is 0 Å². The summed E-state index contributed by atoms with van der Waals surface area (Å²) in [5.74, 6) is 0.636. The molecule has 0 aliphatic rings. The zero-order chi connectivity index (χ0) is 27.5. The smallest absolute Gasteiger partial charge is 0.493 e. The second-order valence-corrected chi connectivity index (χ2v) is 11.6. The summed E-state index contributed by atoms with van der Waals surface area (Å²) in [5, 5.41) is 11.6. The van der Waals surface area contributed by atoms with Gasteiger partial charge in [0.15, 0.2) is 0 Å². The van der Waals surface area contributed by atoms with Gasteiger partial charge < -0.3 is 23.3 Å². The summed E-state index contributed by atoms with van der Waals surface area (Å²) in [5.41, 5.74) is 2.91. The zero-order valence-corrected chi connectivity index (χ0v) is 24.5. The minimum Gasteiger partial charge on any atom is -0.493 e. The summed E-state index contributed by atoms with van der Waals surface area (Å²) in [6.07, 6.45) is 5.83. The molecule has 0 atom stereocenters. The maximum Gasteiger partial charge on any atom is 0.500 e. The molecule has 2 rings (SSSR count). The van der Waals surface area contributed by atoms with Crippen LogP contribution in [0.3, 0.4) is 0 Å². The molecule has 38 heavy (non-hydrogen) atoms. The van der Waals surface area contributed by atoms with Gasteiger partial charge in [-0.1, -0.05) is 31.9 Å². The summed E-state index contributed by atoms with van der Waals surface area (Å²) >= 11 is 0. The van der Waals surface area contributed by atoms with Crippen LogP contribution in [-0.2, 0) is 24.5 Å². The maximum atomic E-state index is 12.2. The maximum absolute atomic E-state index is 12.2. The number of unbranched alkanes of at least 4 members (excludes halogenated alkanes) is 2. The highest BCUT2D eigenvalue weighted by atomic mass is 28.4. The van der Waals surface area contributed by atoms with Crippen LogP contribution in [0, 0.1) is 0 Å². The Balaban J connectivity index is 1.68. The van der Waals surface area contributed by atoms with E-state index in [0.717, 1.165) is 24.2 Å². The van der Waals surface area contributed by atoms with Crippen molar-refractivity contribution >= 4 is 26.1 Å². The Bertz CT molecular complexity index is 921. The minimum atomic E-state index is -2.67. The number of rotatable bonds is 20. The highest BCUT2D eigenvalue weighted by molar-refractivity contribution is 6.60. The molecule has 0 radical (unpaired) electrons. The topological polar surface area (TPSA) is 90.7 Å². The molecule has 0 fully saturated rings. The van der Waals surface area contributed by atoms with Crippen molar-refractivity contribution in [2.45, 2.75) is 72.3 Å². The molecule has 0 aliphatic carbocycles. The van der Waals surface area contributed by atoms with Crippen LogP contribution >= 0.6 is 0 Å². The molecule has 0 unspecified atom stereocenters. The van der Waals surface area contributed by atoms with Crippen LogP contribution in [-0.4, -0.2) is 47.7 Å². The fraction of sp³-hybridized carbons (Fsp3) is 0.552. The van der Waals surface area contributed by atoms with Crippen LogP contribution in [0.1, 0.15) is 65.4 Å². The average molecular weight is 544 g/mol. The first-order valence-corrected chi connectivity index (χ1v) is 15.9. The Labute approximate surface area is 229 Å². The first kappa shape index (κ1) is 31.6. The third kappa shape index (κ3) is 12.3. The summed E-state index contributed by atoms with van der Waals surface area (Å²) in [6.45, 7) is 10.5. The molecule has 0 aromatic heterocycles. The molecule has 2 aromatic carbocycles. The molecule has 0 saturated carbocycles. The van der Waals surface area contributed by atoms with Crippen molar-refractivity contribution in [1.82, 2.24) is 5.32 Å². The molecule has 8 nitrogen and oxygen atoms in total. The van der Waals surface area contributed by atoms with Gasteiger partial charge in [-0.3, -0.25) is 4.79 Å². The number of nitrogens with zero attached hydrogens (tertiary/aromatic N) is 2. The van der Waals surface area contributed by atoms with Gasteiger partial charge in [0.25, 0.3) is 0 Å². The number of hydrogen-bond donors (Lipinski definition) is 1. The van der Waals surface area contributed by atoms with Crippen LogP contribution in [0.15, 0.2) is 58.8 Å². The molecule has 0 bridgehead atoms. The Morgan fingerprint density at radius 3 is 1.92 bits per heavy atom. The van der Waals surface area contributed by atoms with Crippen molar-refractivity contribution in [3.8, 4) is 5.75 Å². The molecular formula is C29H45N3O5Si. The number of aryl methyl sites for hydroxylation is 1. The molecule has 0 heterocycles. The third-order valence-electron chi connectivity index (χ3n) is 5.80. The van der Waals surface area contributed by atoms with Crippen molar-refractivity contribution in [2.24, 2.45) is 10.2 Å². The Morgan fingerprint density at radius 2 is 1.37 bits per heavy atom. The first-order valence-electron chi connectivity index (χ1n) is 14.0. The highest BCUT2D eigenvalue weighted by Gasteiger charge is 2.39. The number of ether oxygens (including phenoxy) is 1. The minimum absolute atomic E-state index is 0.0525. The summed E-state index contributed by atoms with van der Waals surface area (Å²) in [7, 11) is -2.67. The van der Waals surface area contributed by atoms with Crippen LogP contribution in [0.5, 0.6) is 5.75 Å². The van der Waals surface area contributed by atoms with Crippen LogP contribution < -0.4 is 10.1 Å². The number of nitrogens with one attached hydrogen (secondary N) is 1. The number of carbonyl (C=O) groups excluding carboxylic acids is 1. The molecule has 1 N–H and O–H groups in total. The van der Waals surface area contributed by atoms with Crippen molar-refractivity contribution in [3.63, 3.8) is 0 Å². The van der Waals surface area contributed by atoms with E-state index in [2.05, 4.69) is 34.6 Å². The van der Waals surface area contributed by atoms with Crippen LogP contribution in [0.2, 0.25) is 6.04 Å². The molecule has 210 valence electrons. The molecule has 0 saturated heterocycles. The van der Waals surface area contributed by atoms with Crippen molar-refractivity contribution in [1.29, 1.82) is 0 Å². The lowest BCUT2D eigenvalue weighted by Gasteiger charge is -2.28. The van der Waals surface area contributed by atoms with Gasteiger partial charge in [-0.15, -0.1) is 0 Å². The lowest BCUT2D eigenvalue weighted by Crippen LogP contribution is -2.46. The van der Waals surface area contributed by atoms with Gasteiger partial charge in [-0.2, -0.15) is 10.2 Å². The summed E-state index contributed by atoms with van der Waals surface area (Å²) in [6, 6.07) is 16.3. The normalized spacial score (nSPS) is 11.7. The van der Waals surface area contributed by atoms with E-state index in [1.165, 1.54) is 24.8 Å². The Kier molecular flexibility index (Phi) is 15.5. The Morgan fingerprint density at radius 1 is 0.789 bits per heavy atom. The van der Waals surface area contributed by atoms with Gasteiger partial charge in [0.05, 0.1) is 24.4 Å². The number of hydrogen-bond acceptors (Lipinski definition) is 7. The van der Waals surface area contributed by atoms with E-state index >= 15 is 0 Å². The second-order valence-electron chi connectivity index (χ2n) is 8.85. The third-order valence-corrected chi connectivity index (χ3v) is 8.95. The molecule has 2 aromatic rings. The fourth-order valence-electron chi connectivity index (χ4n) is 3.92. The van der Waals surface area contributed by atoms with Gasteiger partial charge in [0.2, 0.25) is 5.91 Å². The average Bonchev–Trinajstić information content (AvgIpc) is 2.92. The molecule has 0 aliphatic heterocycles. The van der Waals surface area contributed by atoms with E-state index in [9.17, 15) is 4.79 Å². The predicted molar refractivity (Wildman–Crippen MR) is 153 cm³/mol. The molecule has 0 spiro atoms. The van der Waals surface area contributed by atoms with E-state index in [-0.39, 0.29) is 12.3 Å². The zero-order valence-electron chi connectivity index (χ0n) is 23.5. The van der Waals surface area contributed by atoms with Crippen molar-refractivity contribution < 1.29 is 22.8 Å². The number of azo groups is 1. The molecule has 9 heteroatoms. The molecule has 1 amide bonds. The van der Waals surface area contributed by atoms with E-state index < -0.39 is 8.80 Å². The number of amides is 1. The summed E-state index contributed by atoms with van der Waals surface area (Å²) in [4.78, 5) is 12.2. The van der Waals surface area contributed by atoms with Crippen LogP contribution in [0.4, 0.5) is 11.4 Å². The van der Waals surface area contributed by atoms with Gasteiger partial charge >= 0.3 is 8.80 Å². The lowest BCUT2D eigenvalue weighted by atomic mass is 10.1. The van der Waals surface area contributed by atoms with Gasteiger partial charge in [-0.25, -0.2) is 0 Å². The second kappa shape index (κ2) is 18.6. The SMILES string of the molecule is CCCCCc1ccc(N=Nc2ccc(OCCC(=O)NCCC[Si](OCC)(OCC)OCC)cc2)cc1.